The molecule has 0 radical (unpaired) electrons. The Morgan fingerprint density at radius 2 is 1.71 bits per heavy atom. The summed E-state index contributed by atoms with van der Waals surface area (Å²) in [6, 6.07) is 17.7. The van der Waals surface area contributed by atoms with Gasteiger partial charge in [-0.25, -0.2) is 0 Å². The van der Waals surface area contributed by atoms with Crippen molar-refractivity contribution in [2.24, 2.45) is 0 Å². The van der Waals surface area contributed by atoms with Gasteiger partial charge in [-0.15, -0.1) is 0 Å². The van der Waals surface area contributed by atoms with E-state index in [1.807, 2.05) is 13.8 Å². The van der Waals surface area contributed by atoms with Crippen molar-refractivity contribution >= 4 is 0 Å². The molecule has 1 fully saturated rings. The summed E-state index contributed by atoms with van der Waals surface area (Å²) in [6.07, 6.45) is 2.68. The maximum absolute atomic E-state index is 5.26. The Morgan fingerprint density at radius 3 is 2.43 bits per heavy atom. The molecule has 2 heterocycles. The Labute approximate surface area is 167 Å². The SMILES string of the molecule is Cc1noc(C)c1CNCc1ccccc1-c1ccc(CN2CCCC2)cc1. The first-order valence-electron chi connectivity index (χ1n) is 10.2. The van der Waals surface area contributed by atoms with Crippen LogP contribution in [0, 0.1) is 13.8 Å². The molecule has 0 spiro atoms. The summed E-state index contributed by atoms with van der Waals surface area (Å²) in [5.74, 6) is 0.895. The maximum atomic E-state index is 5.26. The zero-order chi connectivity index (χ0) is 19.3. The normalized spacial score (nSPS) is 14.6. The van der Waals surface area contributed by atoms with E-state index in [0.29, 0.717) is 0 Å². The van der Waals surface area contributed by atoms with Crippen LogP contribution >= 0.6 is 0 Å². The smallest absolute Gasteiger partial charge is 0.138 e. The van der Waals surface area contributed by atoms with Gasteiger partial charge in [0.05, 0.1) is 5.69 Å². The van der Waals surface area contributed by atoms with Crippen LogP contribution in [-0.4, -0.2) is 23.1 Å². The molecule has 1 aliphatic rings. The molecule has 0 unspecified atom stereocenters. The summed E-state index contributed by atoms with van der Waals surface area (Å²) in [6.45, 7) is 9.09. The maximum Gasteiger partial charge on any atom is 0.138 e. The minimum Gasteiger partial charge on any atom is -0.361 e. The van der Waals surface area contributed by atoms with Crippen LogP contribution < -0.4 is 5.32 Å². The van der Waals surface area contributed by atoms with Gasteiger partial charge in [-0.2, -0.15) is 0 Å². The van der Waals surface area contributed by atoms with E-state index in [1.165, 1.54) is 48.2 Å². The molecule has 146 valence electrons. The molecule has 0 atom stereocenters. The highest BCUT2D eigenvalue weighted by Crippen LogP contribution is 2.25. The van der Waals surface area contributed by atoms with Gasteiger partial charge < -0.3 is 9.84 Å². The van der Waals surface area contributed by atoms with Gasteiger partial charge in [0.1, 0.15) is 5.76 Å². The van der Waals surface area contributed by atoms with Crippen molar-refractivity contribution in [3.8, 4) is 11.1 Å². The van der Waals surface area contributed by atoms with Crippen molar-refractivity contribution in [1.82, 2.24) is 15.4 Å². The average Bonchev–Trinajstić information content (AvgIpc) is 3.34. The highest BCUT2D eigenvalue weighted by atomic mass is 16.5. The van der Waals surface area contributed by atoms with Crippen LogP contribution in [0.1, 0.15) is 41.0 Å². The van der Waals surface area contributed by atoms with Gasteiger partial charge >= 0.3 is 0 Å². The molecular weight excluding hydrogens is 346 g/mol. The summed E-state index contributed by atoms with van der Waals surface area (Å²) in [5, 5.41) is 7.58. The van der Waals surface area contributed by atoms with E-state index in [2.05, 4.69) is 63.9 Å². The van der Waals surface area contributed by atoms with Gasteiger partial charge in [0.25, 0.3) is 0 Å². The summed E-state index contributed by atoms with van der Waals surface area (Å²) in [4.78, 5) is 2.54. The minimum atomic E-state index is 0.768. The van der Waals surface area contributed by atoms with E-state index in [4.69, 9.17) is 4.52 Å². The fourth-order valence-corrected chi connectivity index (χ4v) is 4.02. The third-order valence-corrected chi connectivity index (χ3v) is 5.69. The number of hydrogen-bond acceptors (Lipinski definition) is 4. The van der Waals surface area contributed by atoms with E-state index >= 15 is 0 Å². The van der Waals surface area contributed by atoms with Gasteiger partial charge in [-0.3, -0.25) is 4.90 Å². The van der Waals surface area contributed by atoms with E-state index in [-0.39, 0.29) is 0 Å². The lowest BCUT2D eigenvalue weighted by molar-refractivity contribution is 0.331. The number of nitrogens with zero attached hydrogens (tertiary/aromatic N) is 2. The lowest BCUT2D eigenvalue weighted by Crippen LogP contribution is -2.18. The molecule has 3 aromatic rings. The topological polar surface area (TPSA) is 41.3 Å². The van der Waals surface area contributed by atoms with Crippen LogP contribution in [0.15, 0.2) is 53.1 Å². The van der Waals surface area contributed by atoms with E-state index in [9.17, 15) is 0 Å². The predicted molar refractivity (Wildman–Crippen MR) is 113 cm³/mol. The van der Waals surface area contributed by atoms with Crippen LogP contribution in [-0.2, 0) is 19.6 Å². The number of rotatable bonds is 7. The monoisotopic (exact) mass is 375 g/mol. The lowest BCUT2D eigenvalue weighted by Gasteiger charge is -2.15. The van der Waals surface area contributed by atoms with Crippen molar-refractivity contribution in [2.75, 3.05) is 13.1 Å². The van der Waals surface area contributed by atoms with Crippen LogP contribution in [0.4, 0.5) is 0 Å². The number of likely N-dealkylation sites (tertiary alicyclic amines) is 1. The fraction of sp³-hybridized carbons (Fsp3) is 0.375. The molecule has 0 saturated carbocycles. The number of aryl methyl sites for hydroxylation is 2. The summed E-state index contributed by atoms with van der Waals surface area (Å²) in [5.41, 5.74) is 7.40. The van der Waals surface area contributed by atoms with Gasteiger partial charge in [0.15, 0.2) is 0 Å². The molecular formula is C24H29N3O. The molecule has 4 rings (SSSR count). The fourth-order valence-electron chi connectivity index (χ4n) is 4.02. The second kappa shape index (κ2) is 8.72. The molecule has 1 N–H and O–H groups in total. The Bertz CT molecular complexity index is 888. The Kier molecular flexibility index (Phi) is 5.89. The Morgan fingerprint density at radius 1 is 0.964 bits per heavy atom. The lowest BCUT2D eigenvalue weighted by atomic mass is 9.98. The zero-order valence-electron chi connectivity index (χ0n) is 16.9. The van der Waals surface area contributed by atoms with E-state index in [1.54, 1.807) is 0 Å². The molecule has 1 saturated heterocycles. The second-order valence-electron chi connectivity index (χ2n) is 7.74. The van der Waals surface area contributed by atoms with Crippen molar-refractivity contribution in [3.63, 3.8) is 0 Å². The first-order chi connectivity index (χ1) is 13.7. The largest absolute Gasteiger partial charge is 0.361 e. The summed E-state index contributed by atoms with van der Waals surface area (Å²) < 4.78 is 5.26. The van der Waals surface area contributed by atoms with Gasteiger partial charge in [0.2, 0.25) is 0 Å². The molecule has 28 heavy (non-hydrogen) atoms. The predicted octanol–water partition coefficient (Wildman–Crippen LogP) is 4.84. The van der Waals surface area contributed by atoms with Crippen molar-refractivity contribution < 1.29 is 4.52 Å². The minimum absolute atomic E-state index is 0.768. The molecule has 0 amide bonds. The van der Waals surface area contributed by atoms with Crippen LogP contribution in [0.2, 0.25) is 0 Å². The van der Waals surface area contributed by atoms with Crippen molar-refractivity contribution in [3.05, 3.63) is 76.7 Å². The average molecular weight is 376 g/mol. The number of hydrogen-bond donors (Lipinski definition) is 1. The standard InChI is InChI=1S/C24H29N3O/c1-18-24(19(2)28-26-18)16-25-15-22-7-3-4-8-23(22)21-11-9-20(10-12-21)17-27-13-5-6-14-27/h3-4,7-12,25H,5-6,13-17H2,1-2H3. The summed E-state index contributed by atoms with van der Waals surface area (Å²) >= 11 is 0. The third-order valence-electron chi connectivity index (χ3n) is 5.69. The highest BCUT2D eigenvalue weighted by Gasteiger charge is 2.12. The van der Waals surface area contributed by atoms with Crippen LogP contribution in [0.3, 0.4) is 0 Å². The molecule has 0 aliphatic carbocycles. The van der Waals surface area contributed by atoms with Gasteiger partial charge in [-0.1, -0.05) is 53.7 Å². The number of benzene rings is 2. The zero-order valence-corrected chi connectivity index (χ0v) is 16.9. The highest BCUT2D eigenvalue weighted by molar-refractivity contribution is 5.67. The Hall–Kier alpha value is -2.43. The molecule has 1 aromatic heterocycles. The third kappa shape index (κ3) is 4.34. The van der Waals surface area contributed by atoms with Crippen LogP contribution in [0.25, 0.3) is 11.1 Å². The molecule has 1 aliphatic heterocycles. The van der Waals surface area contributed by atoms with Crippen molar-refractivity contribution in [2.45, 2.75) is 46.3 Å². The second-order valence-corrected chi connectivity index (χ2v) is 7.74. The van der Waals surface area contributed by atoms with E-state index < -0.39 is 0 Å². The number of nitrogens with one attached hydrogen (secondary N) is 1. The van der Waals surface area contributed by atoms with Crippen molar-refractivity contribution in [1.29, 1.82) is 0 Å². The van der Waals surface area contributed by atoms with Gasteiger partial charge in [0, 0.05) is 25.2 Å². The van der Waals surface area contributed by atoms with Crippen LogP contribution in [0.5, 0.6) is 0 Å². The van der Waals surface area contributed by atoms with Gasteiger partial charge in [-0.05, 0) is 62.0 Å². The first kappa shape index (κ1) is 18.9. The molecule has 4 heteroatoms. The molecule has 2 aromatic carbocycles. The Balaban J connectivity index is 1.43. The quantitative estimate of drug-likeness (QED) is 0.641. The van der Waals surface area contributed by atoms with E-state index in [0.717, 1.165) is 36.7 Å². The first-order valence-corrected chi connectivity index (χ1v) is 10.2. The summed E-state index contributed by atoms with van der Waals surface area (Å²) in [7, 11) is 0. The number of aromatic nitrogens is 1. The molecule has 0 bridgehead atoms. The molecule has 4 nitrogen and oxygen atoms in total.